The summed E-state index contributed by atoms with van der Waals surface area (Å²) in [6.45, 7) is 6.47. The van der Waals surface area contributed by atoms with Crippen molar-refractivity contribution in [3.8, 4) is 0 Å². The summed E-state index contributed by atoms with van der Waals surface area (Å²) in [6, 6.07) is 7.87. The molecule has 1 fully saturated rings. The van der Waals surface area contributed by atoms with Gasteiger partial charge in [0.05, 0.1) is 0 Å². The van der Waals surface area contributed by atoms with Gasteiger partial charge in [-0.2, -0.15) is 0 Å². The molecular weight excluding hydrogens is 239 g/mol. The lowest BCUT2D eigenvalue weighted by Crippen LogP contribution is -2.37. The zero-order valence-corrected chi connectivity index (χ0v) is 12.2. The van der Waals surface area contributed by atoms with Gasteiger partial charge in [-0.05, 0) is 31.9 Å². The quantitative estimate of drug-likeness (QED) is 0.813. The Morgan fingerprint density at radius 3 is 2.47 bits per heavy atom. The third-order valence-corrected chi connectivity index (χ3v) is 3.71. The second kappa shape index (κ2) is 6.49. The van der Waals surface area contributed by atoms with E-state index in [9.17, 15) is 4.39 Å². The van der Waals surface area contributed by atoms with Crippen LogP contribution in [0, 0.1) is 11.7 Å². The van der Waals surface area contributed by atoms with E-state index >= 15 is 0 Å². The molecule has 106 valence electrons. The largest absolute Gasteiger partial charge is 0.312 e. The molecule has 0 spiro atoms. The van der Waals surface area contributed by atoms with Crippen molar-refractivity contribution in [2.75, 3.05) is 20.1 Å². The molecule has 0 aliphatic heterocycles. The summed E-state index contributed by atoms with van der Waals surface area (Å²) in [5, 5.41) is 3.26. The number of likely N-dealkylation sites (N-methyl/N-ethyl adjacent to an activating group) is 1. The predicted molar refractivity (Wildman–Crippen MR) is 77.6 cm³/mol. The minimum absolute atomic E-state index is 0.0700. The summed E-state index contributed by atoms with van der Waals surface area (Å²) in [4.78, 5) is 2.51. The lowest BCUT2D eigenvalue weighted by molar-refractivity contribution is 0.211. The Balaban J connectivity index is 2.06. The minimum atomic E-state index is -0.109. The van der Waals surface area contributed by atoms with E-state index in [1.807, 2.05) is 19.2 Å². The zero-order chi connectivity index (χ0) is 13.8. The summed E-state index contributed by atoms with van der Waals surface area (Å²) in [6.07, 6.45) is 2.58. The first-order valence-electron chi connectivity index (χ1n) is 7.27. The lowest BCUT2D eigenvalue weighted by Gasteiger charge is -2.29. The fourth-order valence-electron chi connectivity index (χ4n) is 2.62. The molecule has 1 aliphatic rings. The summed E-state index contributed by atoms with van der Waals surface area (Å²) >= 11 is 0. The van der Waals surface area contributed by atoms with Crippen LogP contribution < -0.4 is 5.32 Å². The maximum Gasteiger partial charge on any atom is 0.128 e. The van der Waals surface area contributed by atoms with Crippen LogP contribution in [0.5, 0.6) is 0 Å². The van der Waals surface area contributed by atoms with Gasteiger partial charge in [-0.1, -0.05) is 32.0 Å². The number of rotatable bonds is 7. The molecule has 0 amide bonds. The first kappa shape index (κ1) is 14.5. The molecule has 19 heavy (non-hydrogen) atoms. The standard InChI is InChI=1S/C16H25FN2/c1-12(2)10-19(13-8-9-13)11-16(18-3)14-6-4-5-7-15(14)17/h4-7,12-13,16,18H,8-11H2,1-3H3. The van der Waals surface area contributed by atoms with Crippen molar-refractivity contribution in [3.63, 3.8) is 0 Å². The van der Waals surface area contributed by atoms with Crippen LogP contribution in [0.15, 0.2) is 24.3 Å². The van der Waals surface area contributed by atoms with Gasteiger partial charge in [-0.25, -0.2) is 4.39 Å². The molecule has 0 aromatic heterocycles. The maximum atomic E-state index is 13.9. The first-order valence-corrected chi connectivity index (χ1v) is 7.27. The van der Waals surface area contributed by atoms with Crippen molar-refractivity contribution in [2.45, 2.75) is 38.8 Å². The van der Waals surface area contributed by atoms with E-state index in [1.165, 1.54) is 12.8 Å². The third kappa shape index (κ3) is 4.02. The molecule has 0 bridgehead atoms. The van der Waals surface area contributed by atoms with E-state index in [4.69, 9.17) is 0 Å². The van der Waals surface area contributed by atoms with E-state index in [1.54, 1.807) is 12.1 Å². The molecule has 1 atom stereocenters. The van der Waals surface area contributed by atoms with E-state index in [-0.39, 0.29) is 11.9 Å². The average molecular weight is 264 g/mol. The van der Waals surface area contributed by atoms with Gasteiger partial charge in [0, 0.05) is 30.7 Å². The Kier molecular flexibility index (Phi) is 4.94. The highest BCUT2D eigenvalue weighted by molar-refractivity contribution is 5.21. The highest BCUT2D eigenvalue weighted by atomic mass is 19.1. The molecule has 1 aromatic rings. The molecular formula is C16H25FN2. The molecule has 1 saturated carbocycles. The SMILES string of the molecule is CNC(CN(CC(C)C)C1CC1)c1ccccc1F. The predicted octanol–water partition coefficient (Wildman–Crippen LogP) is 3.21. The van der Waals surface area contributed by atoms with Crippen LogP contribution in [0.3, 0.4) is 0 Å². The molecule has 2 rings (SSSR count). The van der Waals surface area contributed by atoms with Crippen LogP contribution in [0.25, 0.3) is 0 Å². The van der Waals surface area contributed by atoms with Gasteiger partial charge < -0.3 is 5.32 Å². The zero-order valence-electron chi connectivity index (χ0n) is 12.2. The van der Waals surface area contributed by atoms with Crippen molar-refractivity contribution in [2.24, 2.45) is 5.92 Å². The summed E-state index contributed by atoms with van der Waals surface area (Å²) in [5.74, 6) is 0.542. The Morgan fingerprint density at radius 2 is 1.95 bits per heavy atom. The van der Waals surface area contributed by atoms with Gasteiger partial charge in [0.15, 0.2) is 0 Å². The molecule has 0 saturated heterocycles. The third-order valence-electron chi connectivity index (χ3n) is 3.71. The highest BCUT2D eigenvalue weighted by Crippen LogP contribution is 2.29. The summed E-state index contributed by atoms with van der Waals surface area (Å²) in [7, 11) is 1.91. The van der Waals surface area contributed by atoms with Gasteiger partial charge in [-0.3, -0.25) is 4.90 Å². The normalized spacial score (nSPS) is 17.2. The van der Waals surface area contributed by atoms with Crippen LogP contribution in [0.1, 0.15) is 38.3 Å². The van der Waals surface area contributed by atoms with Crippen LogP contribution in [-0.2, 0) is 0 Å². The van der Waals surface area contributed by atoms with Gasteiger partial charge in [0.2, 0.25) is 0 Å². The fraction of sp³-hybridized carbons (Fsp3) is 0.625. The minimum Gasteiger partial charge on any atom is -0.312 e. The Morgan fingerprint density at radius 1 is 1.26 bits per heavy atom. The van der Waals surface area contributed by atoms with E-state index in [0.717, 1.165) is 18.7 Å². The van der Waals surface area contributed by atoms with Crippen molar-refractivity contribution in [1.82, 2.24) is 10.2 Å². The number of halogens is 1. The molecule has 1 N–H and O–H groups in total. The molecule has 0 heterocycles. The highest BCUT2D eigenvalue weighted by Gasteiger charge is 2.31. The number of hydrogen-bond acceptors (Lipinski definition) is 2. The van der Waals surface area contributed by atoms with Gasteiger partial charge in [0.1, 0.15) is 5.82 Å². The topological polar surface area (TPSA) is 15.3 Å². The molecule has 2 nitrogen and oxygen atoms in total. The Bertz CT molecular complexity index is 401. The molecule has 1 unspecified atom stereocenters. The van der Waals surface area contributed by atoms with E-state index in [2.05, 4.69) is 24.1 Å². The second-order valence-corrected chi connectivity index (χ2v) is 5.94. The van der Waals surface area contributed by atoms with Crippen molar-refractivity contribution >= 4 is 0 Å². The van der Waals surface area contributed by atoms with Crippen molar-refractivity contribution in [3.05, 3.63) is 35.6 Å². The van der Waals surface area contributed by atoms with Crippen LogP contribution >= 0.6 is 0 Å². The van der Waals surface area contributed by atoms with Gasteiger partial charge in [-0.15, -0.1) is 0 Å². The molecule has 1 aromatic carbocycles. The number of nitrogens with zero attached hydrogens (tertiary/aromatic N) is 1. The van der Waals surface area contributed by atoms with Gasteiger partial charge in [0.25, 0.3) is 0 Å². The van der Waals surface area contributed by atoms with Crippen LogP contribution in [0.2, 0.25) is 0 Å². The lowest BCUT2D eigenvalue weighted by atomic mass is 10.0. The summed E-state index contributed by atoms with van der Waals surface area (Å²) < 4.78 is 13.9. The second-order valence-electron chi connectivity index (χ2n) is 5.94. The van der Waals surface area contributed by atoms with E-state index < -0.39 is 0 Å². The van der Waals surface area contributed by atoms with Crippen LogP contribution in [0.4, 0.5) is 4.39 Å². The number of benzene rings is 1. The molecule has 3 heteroatoms. The summed E-state index contributed by atoms with van der Waals surface area (Å²) in [5.41, 5.74) is 0.777. The van der Waals surface area contributed by atoms with Gasteiger partial charge >= 0.3 is 0 Å². The fourth-order valence-corrected chi connectivity index (χ4v) is 2.62. The number of nitrogens with one attached hydrogen (secondary N) is 1. The smallest absolute Gasteiger partial charge is 0.128 e. The monoisotopic (exact) mass is 264 g/mol. The Hall–Kier alpha value is -0.930. The number of hydrogen-bond donors (Lipinski definition) is 1. The maximum absolute atomic E-state index is 13.9. The van der Waals surface area contributed by atoms with E-state index in [0.29, 0.717) is 12.0 Å². The van der Waals surface area contributed by atoms with Crippen molar-refractivity contribution < 1.29 is 4.39 Å². The van der Waals surface area contributed by atoms with Crippen LogP contribution in [-0.4, -0.2) is 31.1 Å². The first-order chi connectivity index (χ1) is 9.11. The van der Waals surface area contributed by atoms with Crippen molar-refractivity contribution in [1.29, 1.82) is 0 Å². The molecule has 0 radical (unpaired) electrons. The Labute approximate surface area is 116 Å². The average Bonchev–Trinajstić information content (AvgIpc) is 3.19. The molecule has 1 aliphatic carbocycles.